The van der Waals surface area contributed by atoms with Gasteiger partial charge in [0.05, 0.1) is 21.1 Å². The lowest BCUT2D eigenvalue weighted by molar-refractivity contribution is -0.385. The topological polar surface area (TPSA) is 124 Å². The van der Waals surface area contributed by atoms with Gasteiger partial charge in [0.1, 0.15) is 0 Å². The lowest BCUT2D eigenvalue weighted by atomic mass is 10.2. The lowest BCUT2D eigenvalue weighted by Gasteiger charge is -2.21. The minimum absolute atomic E-state index is 0.0326. The van der Waals surface area contributed by atoms with Gasteiger partial charge in [0, 0.05) is 18.7 Å². The molecule has 2 N–H and O–H groups in total. The highest BCUT2D eigenvalue weighted by Crippen LogP contribution is 2.28. The van der Waals surface area contributed by atoms with E-state index in [1.165, 1.54) is 38.2 Å². The second kappa shape index (κ2) is 6.28. The second-order valence-electron chi connectivity index (χ2n) is 5.06. The van der Waals surface area contributed by atoms with Crippen LogP contribution >= 0.6 is 0 Å². The van der Waals surface area contributed by atoms with Crippen molar-refractivity contribution in [3.8, 4) is 0 Å². The number of rotatable bonds is 5. The van der Waals surface area contributed by atoms with Crippen LogP contribution in [0.15, 0.2) is 47.4 Å². The molecule has 0 saturated carbocycles. The molecule has 0 radical (unpaired) electrons. The monoisotopic (exact) mass is 349 g/mol. The molecule has 1 amide bonds. The van der Waals surface area contributed by atoms with Crippen LogP contribution in [0.3, 0.4) is 0 Å². The Kier molecular flexibility index (Phi) is 4.56. The lowest BCUT2D eigenvalue weighted by Crippen LogP contribution is -2.29. The van der Waals surface area contributed by atoms with E-state index in [0.29, 0.717) is 5.56 Å². The van der Waals surface area contributed by atoms with Gasteiger partial charge in [0.25, 0.3) is 21.6 Å². The van der Waals surface area contributed by atoms with Crippen LogP contribution in [0.2, 0.25) is 0 Å². The SMILES string of the molecule is Cc1ccc(S(=O)(=O)N(C)c2ccccc2C(N)=O)cc1[N+](=O)[O-]. The number of nitro benzene ring substituents is 1. The zero-order valence-electron chi connectivity index (χ0n) is 13.0. The zero-order valence-corrected chi connectivity index (χ0v) is 13.8. The number of sulfonamides is 1. The molecule has 2 rings (SSSR count). The molecule has 0 aliphatic rings. The van der Waals surface area contributed by atoms with E-state index < -0.39 is 20.9 Å². The van der Waals surface area contributed by atoms with Crippen molar-refractivity contribution in [3.05, 3.63) is 63.7 Å². The molecule has 0 bridgehead atoms. The maximum Gasteiger partial charge on any atom is 0.273 e. The molecule has 0 spiro atoms. The highest BCUT2D eigenvalue weighted by molar-refractivity contribution is 7.92. The Morgan fingerprint density at radius 2 is 1.83 bits per heavy atom. The quantitative estimate of drug-likeness (QED) is 0.651. The fourth-order valence-electron chi connectivity index (χ4n) is 2.19. The first-order chi connectivity index (χ1) is 11.2. The molecule has 0 fully saturated rings. The number of para-hydroxylation sites is 1. The third-order valence-electron chi connectivity index (χ3n) is 3.54. The zero-order chi connectivity index (χ0) is 18.1. The molecule has 0 heterocycles. The van der Waals surface area contributed by atoms with Crippen LogP contribution in [0.5, 0.6) is 0 Å². The van der Waals surface area contributed by atoms with Crippen molar-refractivity contribution in [1.29, 1.82) is 0 Å². The Labute approximate surface area is 138 Å². The third-order valence-corrected chi connectivity index (χ3v) is 5.31. The van der Waals surface area contributed by atoms with Crippen molar-refractivity contribution < 1.29 is 18.1 Å². The number of benzene rings is 2. The molecule has 0 aliphatic carbocycles. The van der Waals surface area contributed by atoms with Crippen LogP contribution in [-0.2, 0) is 10.0 Å². The first-order valence-corrected chi connectivity index (χ1v) is 8.23. The highest BCUT2D eigenvalue weighted by atomic mass is 32.2. The Morgan fingerprint density at radius 3 is 2.42 bits per heavy atom. The predicted octanol–water partition coefficient (Wildman–Crippen LogP) is 1.83. The second-order valence-corrected chi connectivity index (χ2v) is 7.03. The van der Waals surface area contributed by atoms with E-state index in [0.717, 1.165) is 10.4 Å². The number of anilines is 1. The number of aryl methyl sites for hydroxylation is 1. The molecule has 0 atom stereocenters. The summed E-state index contributed by atoms with van der Waals surface area (Å²) in [5.74, 6) is -0.775. The predicted molar refractivity (Wildman–Crippen MR) is 88.4 cm³/mol. The molecule has 24 heavy (non-hydrogen) atoms. The van der Waals surface area contributed by atoms with Crippen molar-refractivity contribution in [2.45, 2.75) is 11.8 Å². The van der Waals surface area contributed by atoms with E-state index in [1.54, 1.807) is 12.1 Å². The maximum atomic E-state index is 12.7. The summed E-state index contributed by atoms with van der Waals surface area (Å²) in [5.41, 5.74) is 5.44. The smallest absolute Gasteiger partial charge is 0.273 e. The van der Waals surface area contributed by atoms with E-state index >= 15 is 0 Å². The van der Waals surface area contributed by atoms with Gasteiger partial charge in [-0.15, -0.1) is 0 Å². The molecular weight excluding hydrogens is 334 g/mol. The van der Waals surface area contributed by atoms with Gasteiger partial charge in [-0.1, -0.05) is 18.2 Å². The number of nitrogens with zero attached hydrogens (tertiary/aromatic N) is 2. The summed E-state index contributed by atoms with van der Waals surface area (Å²) >= 11 is 0. The number of amides is 1. The van der Waals surface area contributed by atoms with Gasteiger partial charge < -0.3 is 5.73 Å². The van der Waals surface area contributed by atoms with Crippen molar-refractivity contribution in [2.75, 3.05) is 11.4 Å². The molecule has 126 valence electrons. The first kappa shape index (κ1) is 17.4. The minimum atomic E-state index is -4.10. The largest absolute Gasteiger partial charge is 0.366 e. The highest BCUT2D eigenvalue weighted by Gasteiger charge is 2.26. The van der Waals surface area contributed by atoms with Gasteiger partial charge in [-0.3, -0.25) is 19.2 Å². The van der Waals surface area contributed by atoms with Crippen LogP contribution in [0.4, 0.5) is 11.4 Å². The normalized spacial score (nSPS) is 11.1. The summed E-state index contributed by atoms with van der Waals surface area (Å²) in [6, 6.07) is 9.58. The number of carbonyl (C=O) groups is 1. The molecule has 0 saturated heterocycles. The van der Waals surface area contributed by atoms with Crippen LogP contribution < -0.4 is 10.0 Å². The van der Waals surface area contributed by atoms with E-state index in [4.69, 9.17) is 5.73 Å². The average molecular weight is 349 g/mol. The molecule has 2 aromatic carbocycles. The van der Waals surface area contributed by atoms with Crippen molar-refractivity contribution in [3.63, 3.8) is 0 Å². The number of nitro groups is 1. The molecular formula is C15H15N3O5S. The van der Waals surface area contributed by atoms with Gasteiger partial charge in [0.15, 0.2) is 0 Å². The molecule has 0 aliphatic heterocycles. The first-order valence-electron chi connectivity index (χ1n) is 6.79. The van der Waals surface area contributed by atoms with Crippen LogP contribution in [-0.4, -0.2) is 26.3 Å². The number of hydrogen-bond acceptors (Lipinski definition) is 5. The van der Waals surface area contributed by atoms with E-state index in [-0.39, 0.29) is 21.8 Å². The Morgan fingerprint density at radius 1 is 1.21 bits per heavy atom. The summed E-state index contributed by atoms with van der Waals surface area (Å²) in [6.45, 7) is 1.51. The van der Waals surface area contributed by atoms with Crippen LogP contribution in [0, 0.1) is 17.0 Å². The van der Waals surface area contributed by atoms with Gasteiger partial charge in [-0.2, -0.15) is 0 Å². The van der Waals surface area contributed by atoms with E-state index in [9.17, 15) is 23.3 Å². The summed E-state index contributed by atoms with van der Waals surface area (Å²) in [7, 11) is -2.85. The van der Waals surface area contributed by atoms with E-state index in [1.807, 2.05) is 0 Å². The fraction of sp³-hybridized carbons (Fsp3) is 0.133. The number of primary amides is 1. The number of carbonyl (C=O) groups excluding carboxylic acids is 1. The number of hydrogen-bond donors (Lipinski definition) is 1. The Balaban J connectivity index is 2.58. The fourth-order valence-corrected chi connectivity index (χ4v) is 3.43. The molecule has 8 nitrogen and oxygen atoms in total. The van der Waals surface area contributed by atoms with Crippen molar-refractivity contribution in [1.82, 2.24) is 0 Å². The summed E-state index contributed by atoms with van der Waals surface area (Å²) in [4.78, 5) is 21.6. The molecule has 0 aromatic heterocycles. The van der Waals surface area contributed by atoms with Crippen molar-refractivity contribution >= 4 is 27.3 Å². The Bertz CT molecular complexity index is 924. The van der Waals surface area contributed by atoms with Crippen LogP contribution in [0.25, 0.3) is 0 Å². The van der Waals surface area contributed by atoms with Gasteiger partial charge >= 0.3 is 0 Å². The summed E-state index contributed by atoms with van der Waals surface area (Å²) in [6.07, 6.45) is 0. The van der Waals surface area contributed by atoms with Gasteiger partial charge in [-0.25, -0.2) is 8.42 Å². The summed E-state index contributed by atoms with van der Waals surface area (Å²) in [5, 5.41) is 11.0. The maximum absolute atomic E-state index is 12.7. The standard InChI is InChI=1S/C15H15N3O5S/c1-10-7-8-11(9-14(10)18(20)21)24(22,23)17(2)13-6-4-3-5-12(13)15(16)19/h3-9H,1-2H3,(H2,16,19). The van der Waals surface area contributed by atoms with Gasteiger partial charge in [-0.05, 0) is 25.1 Å². The van der Waals surface area contributed by atoms with Crippen molar-refractivity contribution in [2.24, 2.45) is 5.73 Å². The minimum Gasteiger partial charge on any atom is -0.366 e. The number of nitrogens with two attached hydrogens (primary N) is 1. The molecule has 9 heteroatoms. The van der Waals surface area contributed by atoms with E-state index in [2.05, 4.69) is 0 Å². The Hall–Kier alpha value is -2.94. The summed E-state index contributed by atoms with van der Waals surface area (Å²) < 4.78 is 26.4. The molecule has 0 unspecified atom stereocenters. The average Bonchev–Trinajstić information content (AvgIpc) is 2.53. The molecule has 2 aromatic rings. The van der Waals surface area contributed by atoms with Crippen LogP contribution in [0.1, 0.15) is 15.9 Å². The third kappa shape index (κ3) is 3.06. The van der Waals surface area contributed by atoms with Gasteiger partial charge in [0.2, 0.25) is 0 Å².